The van der Waals surface area contributed by atoms with Gasteiger partial charge in [-0.15, -0.1) is 0 Å². The monoisotopic (exact) mass is 279 g/mol. The Morgan fingerprint density at radius 1 is 1.42 bits per heavy atom. The number of aromatic amines is 1. The van der Waals surface area contributed by atoms with Gasteiger partial charge in [0.2, 0.25) is 5.91 Å². The van der Waals surface area contributed by atoms with Gasteiger partial charge >= 0.3 is 5.97 Å². The number of benzene rings is 1. The zero-order chi connectivity index (χ0) is 13.8. The number of imidazole rings is 1. The van der Waals surface area contributed by atoms with Gasteiger partial charge in [0.05, 0.1) is 17.0 Å². The number of amides is 1. The van der Waals surface area contributed by atoms with Gasteiger partial charge in [0.25, 0.3) is 0 Å². The molecule has 19 heavy (non-hydrogen) atoms. The molecule has 2 rings (SSSR count). The van der Waals surface area contributed by atoms with Gasteiger partial charge in [-0.2, -0.15) is 0 Å². The van der Waals surface area contributed by atoms with E-state index in [0.29, 0.717) is 5.16 Å². The summed E-state index contributed by atoms with van der Waals surface area (Å²) in [6.45, 7) is 0. The second-order valence-corrected chi connectivity index (χ2v) is 5.08. The lowest BCUT2D eigenvalue weighted by molar-refractivity contribution is -0.142. The van der Waals surface area contributed by atoms with E-state index in [9.17, 15) is 9.59 Å². The fourth-order valence-corrected chi connectivity index (χ4v) is 2.60. The third-order valence-electron chi connectivity index (χ3n) is 2.59. The quantitative estimate of drug-likeness (QED) is 0.689. The number of nitrogens with two attached hydrogens (primary N) is 1. The van der Waals surface area contributed by atoms with Crippen molar-refractivity contribution >= 4 is 34.7 Å². The van der Waals surface area contributed by atoms with Crippen molar-refractivity contribution in [1.82, 2.24) is 9.97 Å². The number of nitrogens with zero attached hydrogens (tertiary/aromatic N) is 1. The molecule has 1 amide bonds. The fourth-order valence-electron chi connectivity index (χ4n) is 1.64. The summed E-state index contributed by atoms with van der Waals surface area (Å²) in [5.74, 6) is -2.19. The average Bonchev–Trinajstić information content (AvgIpc) is 2.76. The van der Waals surface area contributed by atoms with Crippen LogP contribution in [0.1, 0.15) is 6.42 Å². The fraction of sp³-hybridized carbons (Fsp3) is 0.250. The van der Waals surface area contributed by atoms with Crippen LogP contribution in [0.4, 0.5) is 0 Å². The number of carbonyl (C=O) groups excluding carboxylic acids is 1. The smallest absolute Gasteiger partial charge is 0.307 e. The Kier molecular flexibility index (Phi) is 4.06. The number of aromatic nitrogens is 2. The van der Waals surface area contributed by atoms with E-state index in [2.05, 4.69) is 9.97 Å². The van der Waals surface area contributed by atoms with Crippen LogP contribution in [0.3, 0.4) is 0 Å². The minimum Gasteiger partial charge on any atom is -0.481 e. The number of rotatable bonds is 6. The summed E-state index contributed by atoms with van der Waals surface area (Å²) in [6, 6.07) is 7.53. The first-order valence-corrected chi connectivity index (χ1v) is 6.63. The number of aliphatic carboxylic acids is 1. The summed E-state index contributed by atoms with van der Waals surface area (Å²) >= 11 is 1.27. The molecule has 7 heteroatoms. The summed E-state index contributed by atoms with van der Waals surface area (Å²) in [7, 11) is 0. The topological polar surface area (TPSA) is 109 Å². The van der Waals surface area contributed by atoms with Crippen LogP contribution in [0.25, 0.3) is 11.0 Å². The second-order valence-electron chi connectivity index (χ2n) is 4.08. The maximum atomic E-state index is 11.0. The van der Waals surface area contributed by atoms with Crippen molar-refractivity contribution in [2.24, 2.45) is 11.7 Å². The number of nitrogens with one attached hydrogen (secondary N) is 1. The van der Waals surface area contributed by atoms with E-state index in [-0.39, 0.29) is 12.2 Å². The van der Waals surface area contributed by atoms with Crippen molar-refractivity contribution in [3.05, 3.63) is 24.3 Å². The van der Waals surface area contributed by atoms with Crippen LogP contribution in [0, 0.1) is 5.92 Å². The van der Waals surface area contributed by atoms with E-state index >= 15 is 0 Å². The zero-order valence-corrected chi connectivity index (χ0v) is 10.8. The molecule has 0 aliphatic rings. The number of hydrogen-bond donors (Lipinski definition) is 3. The van der Waals surface area contributed by atoms with Gasteiger partial charge in [0.1, 0.15) is 0 Å². The Bertz CT molecular complexity index is 578. The summed E-state index contributed by atoms with van der Waals surface area (Å²) < 4.78 is 0. The van der Waals surface area contributed by atoms with Crippen LogP contribution in [0.2, 0.25) is 0 Å². The van der Waals surface area contributed by atoms with Gasteiger partial charge in [-0.3, -0.25) is 9.59 Å². The van der Waals surface area contributed by atoms with Crippen molar-refractivity contribution in [2.75, 3.05) is 5.75 Å². The zero-order valence-electron chi connectivity index (χ0n) is 10.00. The Morgan fingerprint density at radius 2 is 2.16 bits per heavy atom. The average molecular weight is 279 g/mol. The molecule has 2 aromatic rings. The van der Waals surface area contributed by atoms with Gasteiger partial charge in [0, 0.05) is 12.2 Å². The molecule has 0 radical (unpaired) electrons. The summed E-state index contributed by atoms with van der Waals surface area (Å²) in [5, 5.41) is 9.62. The van der Waals surface area contributed by atoms with Crippen LogP contribution < -0.4 is 5.73 Å². The number of H-pyrrole nitrogens is 1. The number of carboxylic acids is 1. The lowest BCUT2D eigenvalue weighted by Crippen LogP contribution is -2.24. The van der Waals surface area contributed by atoms with Gasteiger partial charge in [-0.05, 0) is 12.1 Å². The lowest BCUT2D eigenvalue weighted by Gasteiger charge is -2.07. The predicted octanol–water partition coefficient (Wildman–Crippen LogP) is 1.23. The molecule has 1 aromatic heterocycles. The van der Waals surface area contributed by atoms with Crippen molar-refractivity contribution in [3.8, 4) is 0 Å². The van der Waals surface area contributed by atoms with Crippen molar-refractivity contribution < 1.29 is 14.7 Å². The minimum atomic E-state index is -1.03. The lowest BCUT2D eigenvalue weighted by atomic mass is 10.1. The second kappa shape index (κ2) is 5.75. The van der Waals surface area contributed by atoms with E-state index < -0.39 is 17.8 Å². The van der Waals surface area contributed by atoms with Gasteiger partial charge in [-0.1, -0.05) is 23.9 Å². The van der Waals surface area contributed by atoms with Crippen molar-refractivity contribution in [1.29, 1.82) is 0 Å². The number of fused-ring (bicyclic) bond motifs is 1. The number of carboxylic acid groups (broad SMARTS) is 1. The van der Waals surface area contributed by atoms with Crippen LogP contribution in [-0.4, -0.2) is 32.7 Å². The molecule has 1 heterocycles. The molecule has 1 unspecified atom stereocenters. The normalized spacial score (nSPS) is 12.4. The number of carbonyl (C=O) groups is 2. The highest BCUT2D eigenvalue weighted by molar-refractivity contribution is 7.99. The van der Waals surface area contributed by atoms with E-state index in [1.165, 1.54) is 11.8 Å². The molecular weight excluding hydrogens is 266 g/mol. The van der Waals surface area contributed by atoms with E-state index in [1.54, 1.807) is 0 Å². The first-order chi connectivity index (χ1) is 9.06. The summed E-state index contributed by atoms with van der Waals surface area (Å²) in [5.41, 5.74) is 6.75. The van der Waals surface area contributed by atoms with Crippen LogP contribution in [0.15, 0.2) is 29.4 Å². The largest absolute Gasteiger partial charge is 0.481 e. The third kappa shape index (κ3) is 3.47. The third-order valence-corrected chi connectivity index (χ3v) is 3.62. The number of primary amides is 1. The molecule has 1 atom stereocenters. The van der Waals surface area contributed by atoms with Gasteiger partial charge in [-0.25, -0.2) is 4.98 Å². The van der Waals surface area contributed by atoms with Crippen LogP contribution >= 0.6 is 11.8 Å². The number of hydrogen-bond acceptors (Lipinski definition) is 4. The van der Waals surface area contributed by atoms with Crippen molar-refractivity contribution in [3.63, 3.8) is 0 Å². The Labute approximate surface area is 113 Å². The molecule has 1 aromatic carbocycles. The Morgan fingerprint density at radius 3 is 2.79 bits per heavy atom. The molecular formula is C12H13N3O3S. The molecule has 0 aliphatic carbocycles. The Balaban J connectivity index is 2.03. The first kappa shape index (κ1) is 13.4. The van der Waals surface area contributed by atoms with Gasteiger partial charge < -0.3 is 15.8 Å². The van der Waals surface area contributed by atoms with E-state index in [1.807, 2.05) is 24.3 Å². The maximum absolute atomic E-state index is 11.0. The maximum Gasteiger partial charge on any atom is 0.307 e. The molecule has 0 fully saturated rings. The SMILES string of the molecule is NC(=O)CC(CSc1nc2ccccc2[nH]1)C(=O)O. The molecule has 100 valence electrons. The minimum absolute atomic E-state index is 0.164. The molecule has 0 bridgehead atoms. The predicted molar refractivity (Wildman–Crippen MR) is 71.8 cm³/mol. The number of thioether (sulfide) groups is 1. The highest BCUT2D eigenvalue weighted by Gasteiger charge is 2.20. The molecule has 0 saturated heterocycles. The molecule has 6 nitrogen and oxygen atoms in total. The molecule has 0 spiro atoms. The summed E-state index contributed by atoms with van der Waals surface area (Å²) in [6.07, 6.45) is -0.164. The van der Waals surface area contributed by atoms with Crippen LogP contribution in [0.5, 0.6) is 0 Å². The highest BCUT2D eigenvalue weighted by atomic mass is 32.2. The van der Waals surface area contributed by atoms with E-state index in [4.69, 9.17) is 10.8 Å². The van der Waals surface area contributed by atoms with Crippen molar-refractivity contribution in [2.45, 2.75) is 11.6 Å². The standard InChI is InChI=1S/C12H13N3O3S/c13-10(16)5-7(11(17)18)6-19-12-14-8-3-1-2-4-9(8)15-12/h1-4,7H,5-6H2,(H2,13,16)(H,14,15)(H,17,18). The molecule has 0 saturated carbocycles. The Hall–Kier alpha value is -2.02. The first-order valence-electron chi connectivity index (χ1n) is 5.65. The van der Waals surface area contributed by atoms with Crippen LogP contribution in [-0.2, 0) is 9.59 Å². The molecule has 4 N–H and O–H groups in total. The molecule has 0 aliphatic heterocycles. The van der Waals surface area contributed by atoms with Gasteiger partial charge in [0.15, 0.2) is 5.16 Å². The van der Waals surface area contributed by atoms with E-state index in [0.717, 1.165) is 11.0 Å². The number of para-hydroxylation sites is 2. The highest BCUT2D eigenvalue weighted by Crippen LogP contribution is 2.22. The summed E-state index contributed by atoms with van der Waals surface area (Å²) in [4.78, 5) is 29.2.